The van der Waals surface area contributed by atoms with E-state index in [1.807, 2.05) is 6.07 Å². The van der Waals surface area contributed by atoms with Crippen LogP contribution in [0.1, 0.15) is 31.8 Å². The van der Waals surface area contributed by atoms with E-state index in [-0.39, 0.29) is 11.5 Å². The summed E-state index contributed by atoms with van der Waals surface area (Å²) in [5.74, 6) is -0.0455. The van der Waals surface area contributed by atoms with Crippen LogP contribution in [0, 0.1) is 0 Å². The molecule has 0 aromatic heterocycles. The van der Waals surface area contributed by atoms with Gasteiger partial charge in [-0.15, -0.1) is 0 Å². The first kappa shape index (κ1) is 30.6. The Kier molecular flexibility index (Phi) is 10.3. The number of anilines is 1. The molecule has 0 aliphatic rings. The average Bonchev–Trinajstić information content (AvgIpc) is 3.03. The molecule has 0 aliphatic heterocycles. The van der Waals surface area contributed by atoms with Gasteiger partial charge in [0.15, 0.2) is 17.3 Å². The van der Waals surface area contributed by atoms with Crippen LogP contribution in [0.3, 0.4) is 0 Å². The summed E-state index contributed by atoms with van der Waals surface area (Å²) in [4.78, 5) is 39.2. The van der Waals surface area contributed by atoms with Crippen molar-refractivity contribution in [3.8, 4) is 17.2 Å². The molecule has 4 aromatic rings. The van der Waals surface area contributed by atoms with Crippen molar-refractivity contribution >= 4 is 47.0 Å². The van der Waals surface area contributed by atoms with Gasteiger partial charge < -0.3 is 24.8 Å². The van der Waals surface area contributed by atoms with Gasteiger partial charge in [-0.3, -0.25) is 14.4 Å². The minimum Gasteiger partial charge on any atom is -0.496 e. The molecule has 4 rings (SSSR count). The smallest absolute Gasteiger partial charge is 0.272 e. The summed E-state index contributed by atoms with van der Waals surface area (Å²) in [5, 5.41) is 6.05. The van der Waals surface area contributed by atoms with E-state index >= 15 is 0 Å². The second-order valence-electron chi connectivity index (χ2n) is 9.11. The molecule has 43 heavy (non-hydrogen) atoms. The Balaban J connectivity index is 1.59. The Morgan fingerprint density at radius 3 is 2.05 bits per heavy atom. The van der Waals surface area contributed by atoms with Crippen molar-refractivity contribution in [1.82, 2.24) is 5.32 Å². The van der Waals surface area contributed by atoms with E-state index in [0.29, 0.717) is 44.6 Å². The summed E-state index contributed by atoms with van der Waals surface area (Å²) in [6.07, 6.45) is 4.62. The van der Waals surface area contributed by atoms with Crippen molar-refractivity contribution in [2.75, 3.05) is 26.6 Å². The van der Waals surface area contributed by atoms with Gasteiger partial charge in [-0.25, -0.2) is 0 Å². The third kappa shape index (κ3) is 8.12. The molecular formula is C34H29ClN2O6. The standard InChI is InChI=1S/C34H29ClN2O6/c1-41-30-21-32(43-3)31(42-2)20-25(30)19-28(37-33(39)24-9-5-4-6-10-24)34(40)36-27-15-13-23(14-16-27)29(38)17-12-22-8-7-11-26(35)18-22/h4-21H,1-3H3,(H,36,40)(H,37,39)/b17-12+,28-19-. The van der Waals surface area contributed by atoms with Crippen LogP contribution < -0.4 is 24.8 Å². The monoisotopic (exact) mass is 596 g/mol. The van der Waals surface area contributed by atoms with E-state index in [2.05, 4.69) is 10.6 Å². The molecule has 0 saturated heterocycles. The van der Waals surface area contributed by atoms with Gasteiger partial charge in [0, 0.05) is 33.5 Å². The van der Waals surface area contributed by atoms with E-state index < -0.39 is 11.8 Å². The number of nitrogens with one attached hydrogen (secondary N) is 2. The Hall–Kier alpha value is -5.34. The first-order valence-electron chi connectivity index (χ1n) is 13.1. The van der Waals surface area contributed by atoms with Gasteiger partial charge >= 0.3 is 0 Å². The quantitative estimate of drug-likeness (QED) is 0.148. The molecule has 2 N–H and O–H groups in total. The van der Waals surface area contributed by atoms with Gasteiger partial charge in [-0.2, -0.15) is 0 Å². The van der Waals surface area contributed by atoms with Crippen LogP contribution >= 0.6 is 11.6 Å². The van der Waals surface area contributed by atoms with Gasteiger partial charge in [-0.05, 0) is 72.3 Å². The highest BCUT2D eigenvalue weighted by atomic mass is 35.5. The molecule has 0 unspecified atom stereocenters. The lowest BCUT2D eigenvalue weighted by Gasteiger charge is -2.15. The Morgan fingerprint density at radius 2 is 1.40 bits per heavy atom. The van der Waals surface area contributed by atoms with E-state index in [0.717, 1.165) is 5.56 Å². The van der Waals surface area contributed by atoms with Crippen molar-refractivity contribution in [1.29, 1.82) is 0 Å². The molecule has 0 atom stereocenters. The van der Waals surface area contributed by atoms with Crippen molar-refractivity contribution in [3.63, 3.8) is 0 Å². The van der Waals surface area contributed by atoms with Crippen LogP contribution in [-0.2, 0) is 4.79 Å². The zero-order valence-corrected chi connectivity index (χ0v) is 24.5. The summed E-state index contributed by atoms with van der Waals surface area (Å²) >= 11 is 6.01. The average molecular weight is 597 g/mol. The summed E-state index contributed by atoms with van der Waals surface area (Å²) in [6.45, 7) is 0. The predicted molar refractivity (Wildman–Crippen MR) is 168 cm³/mol. The van der Waals surface area contributed by atoms with Crippen LogP contribution in [0.2, 0.25) is 5.02 Å². The molecule has 2 amide bonds. The van der Waals surface area contributed by atoms with Crippen LogP contribution in [0.15, 0.2) is 103 Å². The molecule has 9 heteroatoms. The minimum absolute atomic E-state index is 0.0519. The number of carbonyl (C=O) groups is 3. The predicted octanol–water partition coefficient (Wildman–Crippen LogP) is 6.67. The topological polar surface area (TPSA) is 103 Å². The third-order valence-electron chi connectivity index (χ3n) is 6.27. The summed E-state index contributed by atoms with van der Waals surface area (Å²) in [6, 6.07) is 25.3. The number of carbonyl (C=O) groups excluding carboxylic acids is 3. The highest BCUT2D eigenvalue weighted by molar-refractivity contribution is 6.30. The summed E-state index contributed by atoms with van der Waals surface area (Å²) < 4.78 is 16.3. The first-order valence-corrected chi connectivity index (χ1v) is 13.5. The number of halogens is 1. The molecular weight excluding hydrogens is 568 g/mol. The Bertz CT molecular complexity index is 1680. The fourth-order valence-electron chi connectivity index (χ4n) is 4.06. The number of hydrogen-bond donors (Lipinski definition) is 2. The van der Waals surface area contributed by atoms with Crippen molar-refractivity contribution < 1.29 is 28.6 Å². The van der Waals surface area contributed by atoms with Crippen LogP contribution in [0.5, 0.6) is 17.2 Å². The lowest BCUT2D eigenvalue weighted by Crippen LogP contribution is -2.30. The normalized spacial score (nSPS) is 11.1. The molecule has 0 bridgehead atoms. The van der Waals surface area contributed by atoms with Crippen LogP contribution in [-0.4, -0.2) is 38.9 Å². The molecule has 0 heterocycles. The summed E-state index contributed by atoms with van der Waals surface area (Å²) in [5.41, 5.74) is 2.43. The van der Waals surface area contributed by atoms with Crippen LogP contribution in [0.4, 0.5) is 5.69 Å². The lowest BCUT2D eigenvalue weighted by molar-refractivity contribution is -0.113. The number of hydrogen-bond acceptors (Lipinski definition) is 6. The maximum Gasteiger partial charge on any atom is 0.272 e. The molecule has 0 saturated carbocycles. The molecule has 0 radical (unpaired) electrons. The molecule has 0 aliphatic carbocycles. The SMILES string of the molecule is COc1cc(OC)c(OC)cc1/C=C(\NC(=O)c1ccccc1)C(=O)Nc1ccc(C(=O)/C=C/c2cccc(Cl)c2)cc1. The van der Waals surface area contributed by atoms with Gasteiger partial charge in [0.2, 0.25) is 0 Å². The molecule has 0 spiro atoms. The van der Waals surface area contributed by atoms with Gasteiger partial charge in [-0.1, -0.05) is 48.0 Å². The van der Waals surface area contributed by atoms with E-state index in [1.54, 1.807) is 91.0 Å². The molecule has 8 nitrogen and oxygen atoms in total. The van der Waals surface area contributed by atoms with Gasteiger partial charge in [0.05, 0.1) is 21.3 Å². The van der Waals surface area contributed by atoms with E-state index in [4.69, 9.17) is 25.8 Å². The highest BCUT2D eigenvalue weighted by Gasteiger charge is 2.18. The minimum atomic E-state index is -0.596. The second-order valence-corrected chi connectivity index (χ2v) is 9.55. The van der Waals surface area contributed by atoms with Crippen molar-refractivity contribution in [3.05, 3.63) is 130 Å². The number of benzene rings is 4. The highest BCUT2D eigenvalue weighted by Crippen LogP contribution is 2.35. The van der Waals surface area contributed by atoms with Crippen LogP contribution in [0.25, 0.3) is 12.2 Å². The fourth-order valence-corrected chi connectivity index (χ4v) is 4.26. The number of ketones is 1. The molecule has 0 fully saturated rings. The fraction of sp³-hybridized carbons (Fsp3) is 0.0882. The Labute approximate surface area is 254 Å². The van der Waals surface area contributed by atoms with E-state index in [9.17, 15) is 14.4 Å². The lowest BCUT2D eigenvalue weighted by atomic mass is 10.1. The maximum atomic E-state index is 13.5. The molecule has 4 aromatic carbocycles. The summed E-state index contributed by atoms with van der Waals surface area (Å²) in [7, 11) is 4.47. The molecule has 218 valence electrons. The van der Waals surface area contributed by atoms with Gasteiger partial charge in [0.25, 0.3) is 11.8 Å². The second kappa shape index (κ2) is 14.5. The Morgan fingerprint density at radius 1 is 0.721 bits per heavy atom. The number of rotatable bonds is 11. The number of methoxy groups -OCH3 is 3. The maximum absolute atomic E-state index is 13.5. The van der Waals surface area contributed by atoms with Gasteiger partial charge in [0.1, 0.15) is 11.4 Å². The van der Waals surface area contributed by atoms with Crippen molar-refractivity contribution in [2.45, 2.75) is 0 Å². The number of ether oxygens (including phenoxy) is 3. The van der Waals surface area contributed by atoms with E-state index in [1.165, 1.54) is 33.5 Å². The zero-order chi connectivity index (χ0) is 30.8. The number of amides is 2. The third-order valence-corrected chi connectivity index (χ3v) is 6.50. The first-order chi connectivity index (χ1) is 20.8. The largest absolute Gasteiger partial charge is 0.496 e. The van der Waals surface area contributed by atoms with Crippen molar-refractivity contribution in [2.24, 2.45) is 0 Å². The zero-order valence-electron chi connectivity index (χ0n) is 23.7. The number of allylic oxidation sites excluding steroid dienone is 1.